The third-order valence-electron chi connectivity index (χ3n) is 4.24. The first kappa shape index (κ1) is 15.8. The Balaban J connectivity index is 2.57. The monoisotopic (exact) mass is 286 g/mol. The van der Waals surface area contributed by atoms with Crippen LogP contribution in [0.3, 0.4) is 0 Å². The lowest BCUT2D eigenvalue weighted by Crippen LogP contribution is -2.37. The molecule has 2 aromatic rings. The van der Waals surface area contributed by atoms with Crippen molar-refractivity contribution in [2.45, 2.75) is 39.3 Å². The lowest BCUT2D eigenvalue weighted by molar-refractivity contribution is 0.296. The Morgan fingerprint density at radius 3 is 2.29 bits per heavy atom. The molecule has 0 radical (unpaired) electrons. The summed E-state index contributed by atoms with van der Waals surface area (Å²) >= 11 is 0. The first-order valence-corrected chi connectivity index (χ1v) is 7.84. The van der Waals surface area contributed by atoms with Crippen LogP contribution in [0.15, 0.2) is 36.4 Å². The maximum absolute atomic E-state index is 9.45. The van der Waals surface area contributed by atoms with E-state index in [0.717, 1.165) is 12.8 Å². The van der Waals surface area contributed by atoms with Gasteiger partial charge in [0.2, 0.25) is 0 Å². The molecular weight excluding hydrogens is 260 g/mol. The normalized spacial score (nSPS) is 11.3. The summed E-state index contributed by atoms with van der Waals surface area (Å²) in [6.45, 7) is 5.79. The van der Waals surface area contributed by atoms with Crippen molar-refractivity contribution < 1.29 is 5.11 Å². The minimum absolute atomic E-state index is 0.170. The number of aliphatic hydroxyl groups is 1. The molecule has 0 aromatic heterocycles. The summed E-state index contributed by atoms with van der Waals surface area (Å²) in [7, 11) is 0. The average Bonchev–Trinajstić information content (AvgIpc) is 2.54. The molecule has 0 saturated heterocycles. The fraction of sp³-hybridized carbons (Fsp3) is 0.444. The van der Waals surface area contributed by atoms with Gasteiger partial charge in [0.05, 0.1) is 6.61 Å². The molecule has 0 heterocycles. The Morgan fingerprint density at radius 1 is 1.05 bits per heavy atom. The number of rotatable bonds is 7. The second kappa shape index (κ2) is 7.43. The minimum atomic E-state index is 0.170. The molecule has 21 heavy (non-hydrogen) atoms. The molecule has 0 unspecified atom stereocenters. The van der Waals surface area contributed by atoms with Crippen LogP contribution in [0.1, 0.15) is 32.3 Å². The smallest absolute Gasteiger partial charge is 0.0606 e. The molecule has 0 spiro atoms. The predicted octanol–water partition coefficient (Wildman–Crippen LogP) is 3.29. The van der Waals surface area contributed by atoms with Gasteiger partial charge in [-0.3, -0.25) is 0 Å². The molecule has 0 atom stereocenters. The van der Waals surface area contributed by atoms with E-state index in [0.29, 0.717) is 19.1 Å². The lowest BCUT2D eigenvalue weighted by atomic mass is 10.0. The number of nitrogens with zero attached hydrogens (tertiary/aromatic N) is 1. The van der Waals surface area contributed by atoms with E-state index in [-0.39, 0.29) is 6.61 Å². The molecule has 0 fully saturated rings. The third kappa shape index (κ3) is 3.20. The highest BCUT2D eigenvalue weighted by Crippen LogP contribution is 2.31. The molecule has 0 bridgehead atoms. The Bertz CT molecular complexity index is 578. The summed E-state index contributed by atoms with van der Waals surface area (Å²) in [6, 6.07) is 13.1. The zero-order valence-corrected chi connectivity index (χ0v) is 13.0. The van der Waals surface area contributed by atoms with Crippen molar-refractivity contribution in [3.05, 3.63) is 42.0 Å². The lowest BCUT2D eigenvalue weighted by Gasteiger charge is -2.33. The molecule has 0 amide bonds. The predicted molar refractivity (Wildman–Crippen MR) is 90.6 cm³/mol. The van der Waals surface area contributed by atoms with E-state index < -0.39 is 0 Å². The fourth-order valence-corrected chi connectivity index (χ4v) is 3.11. The molecule has 3 heteroatoms. The first-order valence-electron chi connectivity index (χ1n) is 7.84. The number of anilines is 1. The SMILES string of the molecule is CCC(CC)N(CCO)c1ccc(CN)c2ccccc12. The van der Waals surface area contributed by atoms with Gasteiger partial charge in [-0.05, 0) is 29.9 Å². The quantitative estimate of drug-likeness (QED) is 0.821. The highest BCUT2D eigenvalue weighted by atomic mass is 16.3. The standard InChI is InChI=1S/C18H26N2O/c1-3-15(4-2)20(11-12-21)18-10-9-14(13-19)16-7-5-6-8-17(16)18/h5-10,15,21H,3-4,11-13,19H2,1-2H3. The number of benzene rings is 2. The van der Waals surface area contributed by atoms with Gasteiger partial charge < -0.3 is 15.7 Å². The van der Waals surface area contributed by atoms with Crippen molar-refractivity contribution in [2.75, 3.05) is 18.1 Å². The van der Waals surface area contributed by atoms with Gasteiger partial charge in [-0.25, -0.2) is 0 Å². The molecule has 0 aliphatic rings. The average molecular weight is 286 g/mol. The van der Waals surface area contributed by atoms with Gasteiger partial charge in [-0.2, -0.15) is 0 Å². The summed E-state index contributed by atoms with van der Waals surface area (Å²) in [6.07, 6.45) is 2.15. The molecule has 3 N–H and O–H groups in total. The highest BCUT2D eigenvalue weighted by Gasteiger charge is 2.18. The van der Waals surface area contributed by atoms with Crippen LogP contribution in [0.2, 0.25) is 0 Å². The van der Waals surface area contributed by atoms with E-state index in [9.17, 15) is 5.11 Å². The van der Waals surface area contributed by atoms with Gasteiger partial charge in [-0.15, -0.1) is 0 Å². The number of hydrogen-bond donors (Lipinski definition) is 2. The van der Waals surface area contributed by atoms with Gasteiger partial charge in [0.1, 0.15) is 0 Å². The second-order valence-corrected chi connectivity index (χ2v) is 5.38. The molecule has 2 rings (SSSR count). The van der Waals surface area contributed by atoms with Gasteiger partial charge in [0, 0.05) is 30.2 Å². The summed E-state index contributed by atoms with van der Waals surface area (Å²) in [5.41, 5.74) is 8.23. The molecule has 0 saturated carbocycles. The largest absolute Gasteiger partial charge is 0.395 e. The van der Waals surface area contributed by atoms with Crippen LogP contribution in [0.5, 0.6) is 0 Å². The zero-order valence-electron chi connectivity index (χ0n) is 13.0. The van der Waals surface area contributed by atoms with Gasteiger partial charge >= 0.3 is 0 Å². The summed E-state index contributed by atoms with van der Waals surface area (Å²) in [4.78, 5) is 2.34. The molecular formula is C18H26N2O. The number of hydrogen-bond acceptors (Lipinski definition) is 3. The van der Waals surface area contributed by atoms with Crippen molar-refractivity contribution >= 4 is 16.5 Å². The van der Waals surface area contributed by atoms with Crippen LogP contribution in [0.25, 0.3) is 10.8 Å². The van der Waals surface area contributed by atoms with E-state index in [4.69, 9.17) is 5.73 Å². The molecule has 114 valence electrons. The topological polar surface area (TPSA) is 49.5 Å². The Labute approximate surface area is 127 Å². The Morgan fingerprint density at radius 2 is 1.71 bits per heavy atom. The second-order valence-electron chi connectivity index (χ2n) is 5.38. The highest BCUT2D eigenvalue weighted by molar-refractivity contribution is 5.96. The van der Waals surface area contributed by atoms with Crippen LogP contribution in [0.4, 0.5) is 5.69 Å². The third-order valence-corrected chi connectivity index (χ3v) is 4.24. The Hall–Kier alpha value is -1.58. The van der Waals surface area contributed by atoms with Gasteiger partial charge in [-0.1, -0.05) is 44.2 Å². The van der Waals surface area contributed by atoms with Gasteiger partial charge in [0.25, 0.3) is 0 Å². The van der Waals surface area contributed by atoms with Crippen LogP contribution >= 0.6 is 0 Å². The van der Waals surface area contributed by atoms with Crippen LogP contribution < -0.4 is 10.6 Å². The first-order chi connectivity index (χ1) is 10.3. The number of nitrogens with two attached hydrogens (primary N) is 1. The van der Waals surface area contributed by atoms with Crippen LogP contribution in [0, 0.1) is 0 Å². The van der Waals surface area contributed by atoms with E-state index in [2.05, 4.69) is 55.1 Å². The van der Waals surface area contributed by atoms with Crippen molar-refractivity contribution in [2.24, 2.45) is 5.73 Å². The maximum atomic E-state index is 9.45. The van der Waals surface area contributed by atoms with E-state index in [1.165, 1.54) is 22.0 Å². The van der Waals surface area contributed by atoms with E-state index >= 15 is 0 Å². The zero-order chi connectivity index (χ0) is 15.2. The van der Waals surface area contributed by atoms with Crippen LogP contribution in [-0.2, 0) is 6.54 Å². The van der Waals surface area contributed by atoms with Gasteiger partial charge in [0.15, 0.2) is 0 Å². The van der Waals surface area contributed by atoms with E-state index in [1.54, 1.807) is 0 Å². The fourth-order valence-electron chi connectivity index (χ4n) is 3.11. The summed E-state index contributed by atoms with van der Waals surface area (Å²) < 4.78 is 0. The van der Waals surface area contributed by atoms with Crippen molar-refractivity contribution in [1.29, 1.82) is 0 Å². The number of aliphatic hydroxyl groups excluding tert-OH is 1. The van der Waals surface area contributed by atoms with Crippen molar-refractivity contribution in [3.8, 4) is 0 Å². The Kier molecular flexibility index (Phi) is 5.59. The van der Waals surface area contributed by atoms with E-state index in [1.807, 2.05) is 0 Å². The number of fused-ring (bicyclic) bond motifs is 1. The molecule has 3 nitrogen and oxygen atoms in total. The molecule has 0 aliphatic carbocycles. The van der Waals surface area contributed by atoms with Crippen molar-refractivity contribution in [1.82, 2.24) is 0 Å². The maximum Gasteiger partial charge on any atom is 0.0606 e. The minimum Gasteiger partial charge on any atom is -0.395 e. The molecule has 2 aromatic carbocycles. The molecule has 0 aliphatic heterocycles. The van der Waals surface area contributed by atoms with Crippen LogP contribution in [-0.4, -0.2) is 24.3 Å². The summed E-state index contributed by atoms with van der Waals surface area (Å²) in [5.74, 6) is 0. The summed E-state index contributed by atoms with van der Waals surface area (Å²) in [5, 5.41) is 11.9. The van der Waals surface area contributed by atoms with Crippen molar-refractivity contribution in [3.63, 3.8) is 0 Å².